The fourth-order valence-corrected chi connectivity index (χ4v) is 7.78. The Balaban J connectivity index is 1.25. The van der Waals surface area contributed by atoms with Gasteiger partial charge in [0.2, 0.25) is 5.95 Å². The second-order valence-corrected chi connectivity index (χ2v) is 14.2. The Labute approximate surface area is 311 Å². The van der Waals surface area contributed by atoms with E-state index in [1.54, 1.807) is 0 Å². The summed E-state index contributed by atoms with van der Waals surface area (Å²) in [6.45, 7) is 9.74. The molecule has 0 saturated heterocycles. The van der Waals surface area contributed by atoms with Crippen LogP contribution >= 0.6 is 0 Å². The highest BCUT2D eigenvalue weighted by Crippen LogP contribution is 2.50. The predicted molar refractivity (Wildman–Crippen MR) is 220 cm³/mol. The van der Waals surface area contributed by atoms with Crippen molar-refractivity contribution in [2.45, 2.75) is 19.3 Å². The molecule has 0 saturated carbocycles. The maximum Gasteiger partial charge on any atom is 0.234 e. The SMILES string of the molecule is C=C1/C=C\C=C/CN(c2nc(-c3ccccc3)nc(-c3cccc(-c4ccccc4)c3)n2)c2c1cccc2-c1ccc2c(c1)C(C)(C)c1ccccc1-2. The molecule has 0 N–H and O–H groups in total. The number of hydrogen-bond acceptors (Lipinski definition) is 4. The van der Waals surface area contributed by atoms with E-state index in [0.717, 1.165) is 50.2 Å². The van der Waals surface area contributed by atoms with Gasteiger partial charge in [-0.3, -0.25) is 0 Å². The molecule has 0 fully saturated rings. The average molecular weight is 683 g/mol. The van der Waals surface area contributed by atoms with Gasteiger partial charge in [-0.1, -0.05) is 178 Å². The molecule has 9 rings (SSSR count). The molecule has 1 aliphatic carbocycles. The fraction of sp³-hybridized carbons (Fsp3) is 0.0816. The van der Waals surface area contributed by atoms with Crippen LogP contribution in [0.3, 0.4) is 0 Å². The van der Waals surface area contributed by atoms with E-state index in [2.05, 4.69) is 171 Å². The summed E-state index contributed by atoms with van der Waals surface area (Å²) in [6, 6.07) is 51.2. The van der Waals surface area contributed by atoms with Gasteiger partial charge < -0.3 is 4.90 Å². The van der Waals surface area contributed by atoms with Crippen LogP contribution in [0.5, 0.6) is 0 Å². The molecule has 4 heteroatoms. The molecule has 53 heavy (non-hydrogen) atoms. The Bertz CT molecular complexity index is 2580. The van der Waals surface area contributed by atoms with Crippen LogP contribution in [0.15, 0.2) is 176 Å². The molecule has 2 heterocycles. The zero-order chi connectivity index (χ0) is 35.9. The van der Waals surface area contributed by atoms with Crippen molar-refractivity contribution < 1.29 is 0 Å². The smallest absolute Gasteiger partial charge is 0.234 e. The number of allylic oxidation sites excluding steroid dienone is 4. The molecule has 6 aromatic carbocycles. The molecule has 0 radical (unpaired) electrons. The molecule has 0 atom stereocenters. The monoisotopic (exact) mass is 682 g/mol. The molecule has 1 aromatic heterocycles. The second-order valence-electron chi connectivity index (χ2n) is 14.2. The molecular formula is C49H38N4. The standard InChI is InChI=1S/C49H38N4/c1-33-17-7-6-14-30-53(45-39(33)25-16-26-40(45)37-28-29-42-41-24-12-13-27-43(41)49(2,3)44(42)32-37)48-51-46(35-20-10-5-11-21-35)50-47(52-48)38-23-15-22-36(31-38)34-18-8-4-9-19-34/h4-29,31-32H,1,30H2,2-3H3/b14-6-,17-7-. The van der Waals surface area contributed by atoms with Crippen LogP contribution in [0.1, 0.15) is 30.5 Å². The molecule has 0 bridgehead atoms. The fourth-order valence-electron chi connectivity index (χ4n) is 7.78. The minimum absolute atomic E-state index is 0.126. The van der Waals surface area contributed by atoms with E-state index >= 15 is 0 Å². The van der Waals surface area contributed by atoms with Crippen LogP contribution in [0, 0.1) is 0 Å². The highest BCUT2D eigenvalue weighted by molar-refractivity contribution is 5.94. The maximum atomic E-state index is 5.28. The summed E-state index contributed by atoms with van der Waals surface area (Å²) >= 11 is 0. The molecule has 254 valence electrons. The van der Waals surface area contributed by atoms with Crippen molar-refractivity contribution in [1.82, 2.24) is 15.0 Å². The van der Waals surface area contributed by atoms with Crippen molar-refractivity contribution in [1.29, 1.82) is 0 Å². The minimum Gasteiger partial charge on any atom is -0.305 e. The largest absolute Gasteiger partial charge is 0.305 e. The first-order valence-corrected chi connectivity index (χ1v) is 18.1. The van der Waals surface area contributed by atoms with E-state index < -0.39 is 0 Å². The highest BCUT2D eigenvalue weighted by Gasteiger charge is 2.35. The van der Waals surface area contributed by atoms with Crippen LogP contribution in [0.2, 0.25) is 0 Å². The van der Waals surface area contributed by atoms with Crippen molar-refractivity contribution >= 4 is 17.2 Å². The van der Waals surface area contributed by atoms with Crippen molar-refractivity contribution in [3.05, 3.63) is 193 Å². The number of fused-ring (bicyclic) bond motifs is 4. The van der Waals surface area contributed by atoms with Gasteiger partial charge in [0.1, 0.15) is 0 Å². The normalized spacial score (nSPS) is 15.4. The van der Waals surface area contributed by atoms with Gasteiger partial charge in [0.25, 0.3) is 0 Å². The lowest BCUT2D eigenvalue weighted by molar-refractivity contribution is 0.660. The van der Waals surface area contributed by atoms with Crippen LogP contribution < -0.4 is 4.90 Å². The van der Waals surface area contributed by atoms with Gasteiger partial charge >= 0.3 is 0 Å². The lowest BCUT2D eigenvalue weighted by atomic mass is 9.81. The minimum atomic E-state index is -0.126. The Hall–Kier alpha value is -6.65. The van der Waals surface area contributed by atoms with Crippen molar-refractivity contribution in [2.75, 3.05) is 11.4 Å². The number of rotatable bonds is 5. The summed E-state index contributed by atoms with van der Waals surface area (Å²) in [7, 11) is 0. The van der Waals surface area contributed by atoms with Gasteiger partial charge in [-0.15, -0.1) is 0 Å². The molecule has 7 aromatic rings. The zero-order valence-corrected chi connectivity index (χ0v) is 29.9. The third-order valence-electron chi connectivity index (χ3n) is 10.5. The Morgan fingerprint density at radius 2 is 1.13 bits per heavy atom. The van der Waals surface area contributed by atoms with E-state index in [-0.39, 0.29) is 5.41 Å². The molecule has 0 spiro atoms. The summed E-state index contributed by atoms with van der Waals surface area (Å²) in [6.07, 6.45) is 8.36. The first-order chi connectivity index (χ1) is 26.0. The summed E-state index contributed by atoms with van der Waals surface area (Å²) in [5.41, 5.74) is 14.5. The molecule has 0 amide bonds. The van der Waals surface area contributed by atoms with Crippen molar-refractivity contribution in [2.24, 2.45) is 0 Å². The Morgan fingerprint density at radius 3 is 1.94 bits per heavy atom. The van der Waals surface area contributed by atoms with Gasteiger partial charge in [0.15, 0.2) is 11.6 Å². The maximum absolute atomic E-state index is 5.28. The number of benzene rings is 6. The first kappa shape index (κ1) is 32.3. The third kappa shape index (κ3) is 5.79. The summed E-state index contributed by atoms with van der Waals surface area (Å²) < 4.78 is 0. The van der Waals surface area contributed by atoms with Crippen LogP contribution in [-0.2, 0) is 5.41 Å². The molecule has 0 unspecified atom stereocenters. The van der Waals surface area contributed by atoms with Crippen LogP contribution in [-0.4, -0.2) is 21.5 Å². The predicted octanol–water partition coefficient (Wildman–Crippen LogP) is 12.1. The van der Waals surface area contributed by atoms with Crippen LogP contribution in [0.25, 0.3) is 61.7 Å². The van der Waals surface area contributed by atoms with Gasteiger partial charge in [-0.25, -0.2) is 4.98 Å². The Kier molecular flexibility index (Phi) is 8.01. The van der Waals surface area contributed by atoms with Gasteiger partial charge in [0.05, 0.1) is 5.69 Å². The zero-order valence-electron chi connectivity index (χ0n) is 29.9. The average Bonchev–Trinajstić information content (AvgIpc) is 3.49. The number of para-hydroxylation sites is 1. The number of hydrogen-bond donors (Lipinski definition) is 0. The van der Waals surface area contributed by atoms with Gasteiger partial charge in [-0.05, 0) is 56.6 Å². The number of nitrogens with zero attached hydrogens (tertiary/aromatic N) is 4. The summed E-state index contributed by atoms with van der Waals surface area (Å²) in [5.74, 6) is 1.80. The van der Waals surface area contributed by atoms with E-state index in [1.165, 1.54) is 22.3 Å². The van der Waals surface area contributed by atoms with E-state index in [4.69, 9.17) is 15.0 Å². The molecular weight excluding hydrogens is 645 g/mol. The topological polar surface area (TPSA) is 41.9 Å². The highest BCUT2D eigenvalue weighted by atomic mass is 15.3. The number of aromatic nitrogens is 3. The van der Waals surface area contributed by atoms with Gasteiger partial charge in [-0.2, -0.15) is 9.97 Å². The first-order valence-electron chi connectivity index (χ1n) is 18.1. The van der Waals surface area contributed by atoms with Crippen molar-refractivity contribution in [3.63, 3.8) is 0 Å². The van der Waals surface area contributed by atoms with E-state index in [9.17, 15) is 0 Å². The summed E-state index contributed by atoms with van der Waals surface area (Å²) in [5, 5.41) is 0. The second kappa shape index (κ2) is 13.2. The van der Waals surface area contributed by atoms with Crippen LogP contribution in [0.4, 0.5) is 11.6 Å². The van der Waals surface area contributed by atoms with Gasteiger partial charge in [0, 0.05) is 34.2 Å². The lowest BCUT2D eigenvalue weighted by Gasteiger charge is -2.28. The molecule has 4 nitrogen and oxygen atoms in total. The Morgan fingerprint density at radius 1 is 0.509 bits per heavy atom. The lowest BCUT2D eigenvalue weighted by Crippen LogP contribution is -2.22. The third-order valence-corrected chi connectivity index (χ3v) is 10.5. The molecule has 2 aliphatic rings. The van der Waals surface area contributed by atoms with Crippen molar-refractivity contribution in [3.8, 4) is 56.2 Å². The summed E-state index contributed by atoms with van der Waals surface area (Å²) in [4.78, 5) is 17.8. The van der Waals surface area contributed by atoms with E-state index in [1.807, 2.05) is 24.3 Å². The number of anilines is 2. The van der Waals surface area contributed by atoms with E-state index in [0.29, 0.717) is 24.1 Å². The molecule has 1 aliphatic heterocycles. The quantitative estimate of drug-likeness (QED) is 0.181.